The van der Waals surface area contributed by atoms with Gasteiger partial charge in [0.15, 0.2) is 0 Å². The fraction of sp³-hybridized carbons (Fsp3) is 0.368. The van der Waals surface area contributed by atoms with E-state index in [9.17, 15) is 14.7 Å². The van der Waals surface area contributed by atoms with Gasteiger partial charge in [0, 0.05) is 31.1 Å². The Labute approximate surface area is 168 Å². The van der Waals surface area contributed by atoms with Crippen molar-refractivity contribution in [2.75, 3.05) is 25.0 Å². The van der Waals surface area contributed by atoms with Gasteiger partial charge in [0.1, 0.15) is 5.00 Å². The topological polar surface area (TPSA) is 90.5 Å². The predicted molar refractivity (Wildman–Crippen MR) is 110 cm³/mol. The van der Waals surface area contributed by atoms with Crippen LogP contribution in [-0.4, -0.2) is 42.7 Å². The van der Waals surface area contributed by atoms with E-state index in [2.05, 4.69) is 22.9 Å². The fourth-order valence-electron chi connectivity index (χ4n) is 2.90. The van der Waals surface area contributed by atoms with Gasteiger partial charge in [-0.05, 0) is 35.6 Å². The highest BCUT2D eigenvalue weighted by atomic mass is 35.5. The Kier molecular flexibility index (Phi) is 7.79. The average molecular weight is 410 g/mol. The number of benzene rings is 1. The van der Waals surface area contributed by atoms with Gasteiger partial charge in [-0.15, -0.1) is 23.7 Å². The summed E-state index contributed by atoms with van der Waals surface area (Å²) in [5.74, 6) is -0.478. The normalized spacial score (nSPS) is 18.6. The molecule has 1 aliphatic heterocycles. The summed E-state index contributed by atoms with van der Waals surface area (Å²) in [4.78, 5) is 24.9. The van der Waals surface area contributed by atoms with Crippen molar-refractivity contribution in [2.24, 2.45) is 5.92 Å². The van der Waals surface area contributed by atoms with E-state index in [0.717, 1.165) is 6.42 Å². The second kappa shape index (κ2) is 9.85. The Balaban J connectivity index is 0.00000261. The van der Waals surface area contributed by atoms with Gasteiger partial charge >= 0.3 is 0 Å². The molecule has 0 saturated carbocycles. The second-order valence-electron chi connectivity index (χ2n) is 6.36. The quantitative estimate of drug-likeness (QED) is 0.589. The molecule has 2 aromatic rings. The number of hydrogen-bond acceptors (Lipinski definition) is 5. The molecular formula is C19H24ClN3O3S. The number of aryl methyl sites for hydroxylation is 1. The van der Waals surface area contributed by atoms with E-state index in [1.165, 1.54) is 16.9 Å². The second-order valence-corrected chi connectivity index (χ2v) is 7.28. The number of halogens is 1. The fourth-order valence-corrected chi connectivity index (χ4v) is 3.68. The van der Waals surface area contributed by atoms with Crippen LogP contribution in [0, 0.1) is 5.92 Å². The number of amides is 2. The molecule has 6 nitrogen and oxygen atoms in total. The van der Waals surface area contributed by atoms with Crippen LogP contribution in [-0.2, 0) is 6.42 Å². The first-order valence-corrected chi connectivity index (χ1v) is 9.61. The maximum absolute atomic E-state index is 12.4. The molecule has 27 heavy (non-hydrogen) atoms. The zero-order valence-electron chi connectivity index (χ0n) is 15.0. The van der Waals surface area contributed by atoms with Crippen molar-refractivity contribution in [3.8, 4) is 0 Å². The summed E-state index contributed by atoms with van der Waals surface area (Å²) in [6.45, 7) is 3.69. The summed E-state index contributed by atoms with van der Waals surface area (Å²) in [5.41, 5.74) is 2.16. The van der Waals surface area contributed by atoms with E-state index in [0.29, 0.717) is 35.8 Å². The van der Waals surface area contributed by atoms with Crippen LogP contribution in [0.25, 0.3) is 0 Å². The molecule has 0 radical (unpaired) electrons. The van der Waals surface area contributed by atoms with Crippen LogP contribution in [0.3, 0.4) is 0 Å². The number of carbonyl (C=O) groups excluding carboxylic acids is 2. The monoisotopic (exact) mass is 409 g/mol. The maximum atomic E-state index is 12.4. The first-order valence-electron chi connectivity index (χ1n) is 8.73. The summed E-state index contributed by atoms with van der Waals surface area (Å²) in [5, 5.41) is 20.8. The predicted octanol–water partition coefficient (Wildman–Crippen LogP) is 2.29. The Hall–Kier alpha value is -1.93. The molecular weight excluding hydrogens is 386 g/mol. The summed E-state index contributed by atoms with van der Waals surface area (Å²) >= 11 is 1.31. The van der Waals surface area contributed by atoms with Crippen LogP contribution in [0.5, 0.6) is 0 Å². The average Bonchev–Trinajstić information content (AvgIpc) is 3.28. The summed E-state index contributed by atoms with van der Waals surface area (Å²) in [6, 6.07) is 9.13. The van der Waals surface area contributed by atoms with Gasteiger partial charge < -0.3 is 21.1 Å². The third-order valence-corrected chi connectivity index (χ3v) is 5.42. The molecule has 2 atom stereocenters. The summed E-state index contributed by atoms with van der Waals surface area (Å²) in [6.07, 6.45) is 0.477. The molecule has 1 aromatic carbocycles. The zero-order chi connectivity index (χ0) is 18.5. The van der Waals surface area contributed by atoms with E-state index < -0.39 is 6.10 Å². The van der Waals surface area contributed by atoms with Crippen molar-refractivity contribution < 1.29 is 14.7 Å². The number of aliphatic hydroxyl groups excluding tert-OH is 1. The lowest BCUT2D eigenvalue weighted by molar-refractivity contribution is 0.0928. The molecule has 1 aromatic heterocycles. The maximum Gasteiger partial charge on any atom is 0.256 e. The van der Waals surface area contributed by atoms with Crippen LogP contribution in [0.2, 0.25) is 0 Å². The molecule has 1 fully saturated rings. The standard InChI is InChI=1S/C19H23N3O3S.ClH/c1-2-12-3-5-13(6-4-12)17(24)22-19-15(7-8-26-19)18(25)21-10-14-9-20-11-16(14)23;/h3-8,14,16,20,23H,2,9-11H2,1H3,(H,21,25)(H,22,24);1H. The first kappa shape index (κ1) is 21.4. The minimum atomic E-state index is -0.442. The van der Waals surface area contributed by atoms with Crippen LogP contribution in [0.15, 0.2) is 35.7 Å². The van der Waals surface area contributed by atoms with Crippen LogP contribution in [0.1, 0.15) is 33.2 Å². The molecule has 1 aliphatic rings. The first-order chi connectivity index (χ1) is 12.6. The number of rotatable bonds is 6. The number of β-amino-alcohol motifs (C(OH)–C–C–N with tert-alkyl or cyclic N) is 1. The number of nitrogens with one attached hydrogen (secondary N) is 3. The number of aliphatic hydroxyl groups is 1. The van der Waals surface area contributed by atoms with Crippen molar-refractivity contribution in [1.29, 1.82) is 0 Å². The van der Waals surface area contributed by atoms with E-state index in [1.807, 2.05) is 12.1 Å². The van der Waals surface area contributed by atoms with Crippen molar-refractivity contribution in [3.63, 3.8) is 0 Å². The molecule has 0 bridgehead atoms. The lowest BCUT2D eigenvalue weighted by atomic mass is 10.1. The van der Waals surface area contributed by atoms with Crippen LogP contribution < -0.4 is 16.0 Å². The molecule has 0 aliphatic carbocycles. The molecule has 146 valence electrons. The van der Waals surface area contributed by atoms with Crippen molar-refractivity contribution in [1.82, 2.24) is 10.6 Å². The smallest absolute Gasteiger partial charge is 0.256 e. The van der Waals surface area contributed by atoms with E-state index >= 15 is 0 Å². The van der Waals surface area contributed by atoms with Gasteiger partial charge in [0.2, 0.25) is 0 Å². The molecule has 4 N–H and O–H groups in total. The number of thiophene rings is 1. The molecule has 1 saturated heterocycles. The Bertz CT molecular complexity index is 779. The largest absolute Gasteiger partial charge is 0.391 e. The van der Waals surface area contributed by atoms with Crippen LogP contribution in [0.4, 0.5) is 5.00 Å². The molecule has 8 heteroatoms. The summed E-state index contributed by atoms with van der Waals surface area (Å²) < 4.78 is 0. The third kappa shape index (κ3) is 5.29. The summed E-state index contributed by atoms with van der Waals surface area (Å²) in [7, 11) is 0. The Morgan fingerprint density at radius 1 is 1.19 bits per heavy atom. The van der Waals surface area contributed by atoms with E-state index in [1.54, 1.807) is 23.6 Å². The number of anilines is 1. The Morgan fingerprint density at radius 2 is 1.93 bits per heavy atom. The van der Waals surface area contributed by atoms with Gasteiger partial charge in [-0.1, -0.05) is 19.1 Å². The van der Waals surface area contributed by atoms with Gasteiger partial charge in [-0.25, -0.2) is 0 Å². The lowest BCUT2D eigenvalue weighted by Crippen LogP contribution is -2.34. The van der Waals surface area contributed by atoms with Crippen LogP contribution >= 0.6 is 23.7 Å². The molecule has 0 spiro atoms. The SMILES string of the molecule is CCc1ccc(C(=O)Nc2sccc2C(=O)NCC2CNCC2O)cc1.Cl. The molecule has 2 unspecified atom stereocenters. The number of carbonyl (C=O) groups is 2. The highest BCUT2D eigenvalue weighted by Gasteiger charge is 2.25. The lowest BCUT2D eigenvalue weighted by Gasteiger charge is -2.14. The highest BCUT2D eigenvalue weighted by molar-refractivity contribution is 7.14. The highest BCUT2D eigenvalue weighted by Crippen LogP contribution is 2.24. The van der Waals surface area contributed by atoms with E-state index in [-0.39, 0.29) is 30.1 Å². The minimum Gasteiger partial charge on any atom is -0.391 e. The molecule has 2 amide bonds. The Morgan fingerprint density at radius 3 is 2.56 bits per heavy atom. The third-order valence-electron chi connectivity index (χ3n) is 4.59. The van der Waals surface area contributed by atoms with Crippen molar-refractivity contribution >= 4 is 40.6 Å². The van der Waals surface area contributed by atoms with E-state index in [4.69, 9.17) is 0 Å². The molecule has 3 rings (SSSR count). The minimum absolute atomic E-state index is 0. The van der Waals surface area contributed by atoms with Gasteiger partial charge in [0.05, 0.1) is 11.7 Å². The zero-order valence-corrected chi connectivity index (χ0v) is 16.7. The number of hydrogen-bond donors (Lipinski definition) is 4. The van der Waals surface area contributed by atoms with Crippen molar-refractivity contribution in [2.45, 2.75) is 19.4 Å². The van der Waals surface area contributed by atoms with Gasteiger partial charge in [-0.3, -0.25) is 9.59 Å². The van der Waals surface area contributed by atoms with Gasteiger partial charge in [-0.2, -0.15) is 0 Å². The van der Waals surface area contributed by atoms with Crippen molar-refractivity contribution in [3.05, 3.63) is 52.4 Å². The van der Waals surface area contributed by atoms with Gasteiger partial charge in [0.25, 0.3) is 11.8 Å². The molecule has 2 heterocycles.